The molecule has 154 valence electrons. The quantitative estimate of drug-likeness (QED) is 0.518. The lowest BCUT2D eigenvalue weighted by Crippen LogP contribution is -2.21. The molecule has 2 fully saturated rings. The third kappa shape index (κ3) is 4.57. The Morgan fingerprint density at radius 3 is 2.34 bits per heavy atom. The van der Waals surface area contributed by atoms with Gasteiger partial charge in [-0.3, -0.25) is 0 Å². The normalized spacial score (nSPS) is 24.2. The second kappa shape index (κ2) is 8.72. The highest BCUT2D eigenvalue weighted by molar-refractivity contribution is 5.49. The smallest absolute Gasteiger partial charge is 0.165 e. The monoisotopic (exact) mass is 402 g/mol. The van der Waals surface area contributed by atoms with Crippen molar-refractivity contribution in [1.29, 1.82) is 0 Å². The zero-order chi connectivity index (χ0) is 20.4. The van der Waals surface area contributed by atoms with Crippen LogP contribution < -0.4 is 0 Å². The Bertz CT molecular complexity index is 897. The number of epoxide rings is 1. The van der Waals surface area contributed by atoms with Crippen LogP contribution in [0, 0.1) is 17.5 Å². The molecule has 1 atom stereocenters. The van der Waals surface area contributed by atoms with Gasteiger partial charge >= 0.3 is 0 Å². The molecule has 0 N–H and O–H groups in total. The van der Waals surface area contributed by atoms with E-state index in [1.807, 2.05) is 25.1 Å². The van der Waals surface area contributed by atoms with Crippen molar-refractivity contribution in [3.63, 3.8) is 0 Å². The van der Waals surface area contributed by atoms with Crippen LogP contribution in [0.1, 0.15) is 66.9 Å². The number of benzene rings is 2. The highest BCUT2D eigenvalue weighted by Gasteiger charge is 2.32. The van der Waals surface area contributed by atoms with Crippen molar-refractivity contribution in [3.05, 3.63) is 76.1 Å². The predicted octanol–water partition coefficient (Wildman–Crippen LogP) is 6.45. The van der Waals surface area contributed by atoms with E-state index in [4.69, 9.17) is 9.47 Å². The van der Waals surface area contributed by atoms with E-state index in [0.717, 1.165) is 31.2 Å². The van der Waals surface area contributed by atoms with Crippen molar-refractivity contribution in [2.45, 2.75) is 57.3 Å². The minimum atomic E-state index is -0.778. The zero-order valence-electron chi connectivity index (χ0n) is 16.5. The van der Waals surface area contributed by atoms with Crippen molar-refractivity contribution < 1.29 is 22.6 Å². The average Bonchev–Trinajstić information content (AvgIpc) is 3.55. The first-order valence-electron chi connectivity index (χ1n) is 10.2. The molecule has 1 saturated carbocycles. The highest BCUT2D eigenvalue weighted by atomic mass is 19.2. The summed E-state index contributed by atoms with van der Waals surface area (Å²) in [5.41, 5.74) is 2.11. The van der Waals surface area contributed by atoms with Crippen molar-refractivity contribution in [2.75, 3.05) is 6.61 Å². The first kappa shape index (κ1) is 20.2. The summed E-state index contributed by atoms with van der Waals surface area (Å²) in [6.45, 7) is 2.56. The van der Waals surface area contributed by atoms with Crippen LogP contribution in [-0.4, -0.2) is 12.7 Å². The molecule has 2 nitrogen and oxygen atoms in total. The summed E-state index contributed by atoms with van der Waals surface area (Å²) in [4.78, 5) is 0. The summed E-state index contributed by atoms with van der Waals surface area (Å²) in [6.07, 6.45) is 6.37. The fraction of sp³-hybridized carbons (Fsp3) is 0.417. The lowest BCUT2D eigenvalue weighted by Gasteiger charge is -2.29. The van der Waals surface area contributed by atoms with Gasteiger partial charge in [-0.05, 0) is 55.7 Å². The van der Waals surface area contributed by atoms with Gasteiger partial charge in [0.1, 0.15) is 11.9 Å². The lowest BCUT2D eigenvalue weighted by atomic mass is 9.82. The van der Waals surface area contributed by atoms with E-state index >= 15 is 0 Å². The summed E-state index contributed by atoms with van der Waals surface area (Å²) in [5, 5.41) is 0. The Kier molecular flexibility index (Phi) is 6.07. The molecule has 2 aliphatic rings. The third-order valence-electron chi connectivity index (χ3n) is 5.85. The van der Waals surface area contributed by atoms with Gasteiger partial charge in [-0.1, -0.05) is 36.4 Å². The maximum absolute atomic E-state index is 14.5. The highest BCUT2D eigenvalue weighted by Crippen LogP contribution is 2.39. The first-order valence-corrected chi connectivity index (χ1v) is 10.2. The van der Waals surface area contributed by atoms with E-state index < -0.39 is 11.6 Å². The Morgan fingerprint density at radius 1 is 1.00 bits per heavy atom. The first-order chi connectivity index (χ1) is 14.1. The average molecular weight is 402 g/mol. The molecule has 0 radical (unpaired) electrons. The summed E-state index contributed by atoms with van der Waals surface area (Å²) in [7, 11) is 0. The number of hydrogen-bond acceptors (Lipinski definition) is 2. The minimum absolute atomic E-state index is 0.00732. The van der Waals surface area contributed by atoms with Crippen molar-refractivity contribution in [1.82, 2.24) is 0 Å². The zero-order valence-corrected chi connectivity index (χ0v) is 16.5. The van der Waals surface area contributed by atoms with Gasteiger partial charge < -0.3 is 9.47 Å². The third-order valence-corrected chi connectivity index (χ3v) is 5.85. The predicted molar refractivity (Wildman–Crippen MR) is 106 cm³/mol. The van der Waals surface area contributed by atoms with Crippen LogP contribution in [-0.2, 0) is 16.1 Å². The molecular formula is C24H25F3O2. The van der Waals surface area contributed by atoms with E-state index in [1.165, 1.54) is 6.07 Å². The van der Waals surface area contributed by atoms with E-state index in [0.29, 0.717) is 23.3 Å². The standard InChI is InChI=1S/C24H25F3O2/c1-2-3-15-4-5-17(21(25)12-15)13-28-18-8-6-16(7-9-18)19-10-11-20(22-14-29-22)24(27)23(19)26/h2-5,10-12,16,18,22H,6-9,13-14H2,1H3/b3-2+. The summed E-state index contributed by atoms with van der Waals surface area (Å²) in [5.74, 6) is -1.81. The van der Waals surface area contributed by atoms with Crippen LogP contribution in [0.5, 0.6) is 0 Å². The molecule has 0 spiro atoms. The lowest BCUT2D eigenvalue weighted by molar-refractivity contribution is 0.0119. The van der Waals surface area contributed by atoms with Gasteiger partial charge in [-0.2, -0.15) is 0 Å². The molecule has 1 aliphatic carbocycles. The van der Waals surface area contributed by atoms with Crippen molar-refractivity contribution >= 4 is 6.08 Å². The van der Waals surface area contributed by atoms with Crippen LogP contribution in [0.2, 0.25) is 0 Å². The molecule has 0 bridgehead atoms. The molecule has 2 aromatic carbocycles. The van der Waals surface area contributed by atoms with Gasteiger partial charge in [0.2, 0.25) is 0 Å². The molecular weight excluding hydrogens is 377 g/mol. The summed E-state index contributed by atoms with van der Waals surface area (Å²) in [6, 6.07) is 8.46. The van der Waals surface area contributed by atoms with Crippen LogP contribution in [0.3, 0.4) is 0 Å². The van der Waals surface area contributed by atoms with Gasteiger partial charge in [0.15, 0.2) is 11.6 Å². The Morgan fingerprint density at radius 2 is 1.69 bits per heavy atom. The fourth-order valence-corrected chi connectivity index (χ4v) is 4.10. The van der Waals surface area contributed by atoms with E-state index in [-0.39, 0.29) is 30.5 Å². The molecule has 1 aliphatic heterocycles. The van der Waals surface area contributed by atoms with Crippen molar-refractivity contribution in [2.24, 2.45) is 0 Å². The number of hydrogen-bond donors (Lipinski definition) is 0. The molecule has 5 heteroatoms. The number of ether oxygens (including phenoxy) is 2. The SMILES string of the molecule is C/C=C/c1ccc(COC2CCC(c3ccc(C4CO4)c(F)c3F)CC2)c(F)c1. The molecule has 0 aromatic heterocycles. The maximum Gasteiger partial charge on any atom is 0.165 e. The summed E-state index contributed by atoms with van der Waals surface area (Å²) >= 11 is 0. The van der Waals surface area contributed by atoms with Gasteiger partial charge in [-0.25, -0.2) is 13.2 Å². The van der Waals surface area contributed by atoms with Gasteiger partial charge in [0.05, 0.1) is 19.3 Å². The fourth-order valence-electron chi connectivity index (χ4n) is 4.10. The van der Waals surface area contributed by atoms with Crippen LogP contribution in [0.25, 0.3) is 6.08 Å². The molecule has 0 amide bonds. The second-order valence-corrected chi connectivity index (χ2v) is 7.83. The largest absolute Gasteiger partial charge is 0.373 e. The molecule has 29 heavy (non-hydrogen) atoms. The van der Waals surface area contributed by atoms with Crippen LogP contribution in [0.15, 0.2) is 36.4 Å². The van der Waals surface area contributed by atoms with Gasteiger partial charge in [0.25, 0.3) is 0 Å². The van der Waals surface area contributed by atoms with Gasteiger partial charge in [0, 0.05) is 11.1 Å². The Hall–Kier alpha value is -2.11. The van der Waals surface area contributed by atoms with E-state index in [9.17, 15) is 13.2 Å². The molecule has 2 aromatic rings. The van der Waals surface area contributed by atoms with Crippen molar-refractivity contribution in [3.8, 4) is 0 Å². The number of rotatable bonds is 6. The van der Waals surface area contributed by atoms with Gasteiger partial charge in [-0.15, -0.1) is 0 Å². The maximum atomic E-state index is 14.5. The molecule has 4 rings (SSSR count). The Labute approximate surface area is 169 Å². The Balaban J connectivity index is 1.32. The van der Waals surface area contributed by atoms with E-state index in [1.54, 1.807) is 18.2 Å². The second-order valence-electron chi connectivity index (χ2n) is 7.83. The number of halogens is 3. The molecule has 1 unspecified atom stereocenters. The van der Waals surface area contributed by atoms with E-state index in [2.05, 4.69) is 0 Å². The summed E-state index contributed by atoms with van der Waals surface area (Å²) < 4.78 is 54.0. The molecule has 1 heterocycles. The molecule has 1 saturated heterocycles. The van der Waals surface area contributed by atoms with Crippen LogP contribution >= 0.6 is 0 Å². The minimum Gasteiger partial charge on any atom is -0.373 e. The topological polar surface area (TPSA) is 21.8 Å². The van der Waals surface area contributed by atoms with Crippen LogP contribution in [0.4, 0.5) is 13.2 Å². The number of allylic oxidation sites excluding steroid dienone is 1.